The second kappa shape index (κ2) is 8.89. The Morgan fingerprint density at radius 1 is 1.11 bits per heavy atom. The van der Waals surface area contributed by atoms with Gasteiger partial charge in [-0.2, -0.15) is 0 Å². The van der Waals surface area contributed by atoms with E-state index in [1.165, 1.54) is 16.8 Å². The summed E-state index contributed by atoms with van der Waals surface area (Å²) >= 11 is 0. The smallest absolute Gasteiger partial charge is 0.255 e. The summed E-state index contributed by atoms with van der Waals surface area (Å²) < 4.78 is 0. The molecule has 1 fully saturated rings. The molecule has 0 saturated carbocycles. The van der Waals surface area contributed by atoms with Crippen molar-refractivity contribution in [3.05, 3.63) is 53.2 Å². The van der Waals surface area contributed by atoms with Crippen molar-refractivity contribution in [2.75, 3.05) is 42.9 Å². The molecule has 2 heterocycles. The van der Waals surface area contributed by atoms with Crippen LogP contribution in [0.4, 0.5) is 11.5 Å². The Bertz CT molecular complexity index is 764. The highest BCUT2D eigenvalue weighted by molar-refractivity contribution is 5.94. The number of pyridine rings is 1. The van der Waals surface area contributed by atoms with E-state index in [1.807, 2.05) is 17.0 Å². The summed E-state index contributed by atoms with van der Waals surface area (Å²) in [5.74, 6) is 0.906. The van der Waals surface area contributed by atoms with Crippen LogP contribution in [0, 0.1) is 13.8 Å². The summed E-state index contributed by atoms with van der Waals surface area (Å²) in [6, 6.07) is 10.2. The summed E-state index contributed by atoms with van der Waals surface area (Å²) in [5, 5.41) is 3.28. The lowest BCUT2D eigenvalue weighted by Crippen LogP contribution is -2.49. The van der Waals surface area contributed by atoms with Crippen LogP contribution >= 0.6 is 0 Å². The van der Waals surface area contributed by atoms with Gasteiger partial charge in [-0.15, -0.1) is 0 Å². The summed E-state index contributed by atoms with van der Waals surface area (Å²) in [6.45, 7) is 10.6. The van der Waals surface area contributed by atoms with Crippen LogP contribution in [-0.4, -0.2) is 48.5 Å². The Kier molecular flexibility index (Phi) is 6.32. The van der Waals surface area contributed by atoms with Crippen molar-refractivity contribution in [2.24, 2.45) is 0 Å². The number of aryl methyl sites for hydroxylation is 1. The van der Waals surface area contributed by atoms with Gasteiger partial charge in [-0.25, -0.2) is 4.98 Å². The fraction of sp³-hybridized carbons (Fsp3) is 0.455. The molecule has 5 nitrogen and oxygen atoms in total. The van der Waals surface area contributed by atoms with Crippen molar-refractivity contribution in [3.8, 4) is 0 Å². The average Bonchev–Trinajstić information content (AvgIpc) is 2.70. The number of nitrogens with zero attached hydrogens (tertiary/aromatic N) is 3. The van der Waals surface area contributed by atoms with Gasteiger partial charge in [0.15, 0.2) is 0 Å². The number of carbonyl (C=O) groups is 1. The van der Waals surface area contributed by atoms with Crippen LogP contribution < -0.4 is 10.2 Å². The highest BCUT2D eigenvalue weighted by atomic mass is 16.2. The maximum atomic E-state index is 12.8. The minimum absolute atomic E-state index is 0.0724. The summed E-state index contributed by atoms with van der Waals surface area (Å²) in [7, 11) is 0. The first-order chi connectivity index (χ1) is 13.1. The first-order valence-corrected chi connectivity index (χ1v) is 9.90. The van der Waals surface area contributed by atoms with Gasteiger partial charge < -0.3 is 15.1 Å². The minimum atomic E-state index is 0.0724. The summed E-state index contributed by atoms with van der Waals surface area (Å²) in [5.41, 5.74) is 4.58. The zero-order valence-electron chi connectivity index (χ0n) is 16.7. The van der Waals surface area contributed by atoms with Gasteiger partial charge in [0.2, 0.25) is 0 Å². The number of hydrogen-bond donors (Lipinski definition) is 1. The molecular formula is C22H30N4O. The number of piperazine rings is 1. The number of rotatable bonds is 6. The fourth-order valence-corrected chi connectivity index (χ4v) is 3.43. The van der Waals surface area contributed by atoms with E-state index in [4.69, 9.17) is 0 Å². The Morgan fingerprint density at radius 3 is 2.56 bits per heavy atom. The molecule has 3 rings (SSSR count). The molecule has 0 spiro atoms. The van der Waals surface area contributed by atoms with E-state index in [1.54, 1.807) is 6.20 Å². The Labute approximate surface area is 162 Å². The number of carbonyl (C=O) groups excluding carboxylic acids is 1. The molecule has 0 radical (unpaired) electrons. The van der Waals surface area contributed by atoms with Crippen LogP contribution in [0.1, 0.15) is 41.3 Å². The molecule has 1 saturated heterocycles. The minimum Gasteiger partial charge on any atom is -0.370 e. The topological polar surface area (TPSA) is 48.5 Å². The molecule has 1 aliphatic heterocycles. The van der Waals surface area contributed by atoms with Crippen LogP contribution in [-0.2, 0) is 0 Å². The number of benzene rings is 1. The van der Waals surface area contributed by atoms with Gasteiger partial charge in [0.25, 0.3) is 5.91 Å². The van der Waals surface area contributed by atoms with Crippen molar-refractivity contribution in [3.63, 3.8) is 0 Å². The fourth-order valence-electron chi connectivity index (χ4n) is 3.43. The van der Waals surface area contributed by atoms with Gasteiger partial charge in [0.05, 0.1) is 5.56 Å². The normalized spacial score (nSPS) is 14.3. The molecule has 0 atom stereocenters. The van der Waals surface area contributed by atoms with Crippen LogP contribution in [0.5, 0.6) is 0 Å². The van der Waals surface area contributed by atoms with Crippen molar-refractivity contribution >= 4 is 17.4 Å². The quantitative estimate of drug-likeness (QED) is 0.789. The molecule has 5 heteroatoms. The third-order valence-electron chi connectivity index (χ3n) is 5.33. The lowest BCUT2D eigenvalue weighted by Gasteiger charge is -2.37. The monoisotopic (exact) mass is 366 g/mol. The SMILES string of the molecule is CCCCNc1ccc(C(=O)N2CCN(c3cccc(C)c3C)CC2)cn1. The highest BCUT2D eigenvalue weighted by Crippen LogP contribution is 2.24. The molecule has 1 aliphatic rings. The van der Waals surface area contributed by atoms with Crippen LogP contribution in [0.25, 0.3) is 0 Å². The number of amides is 1. The molecule has 144 valence electrons. The number of nitrogens with one attached hydrogen (secondary N) is 1. The Morgan fingerprint density at radius 2 is 1.89 bits per heavy atom. The second-order valence-corrected chi connectivity index (χ2v) is 7.21. The zero-order valence-corrected chi connectivity index (χ0v) is 16.7. The number of aromatic nitrogens is 1. The van der Waals surface area contributed by atoms with Crippen LogP contribution in [0.3, 0.4) is 0 Å². The molecule has 2 aromatic rings. The van der Waals surface area contributed by atoms with Gasteiger partial charge in [-0.1, -0.05) is 25.5 Å². The van der Waals surface area contributed by atoms with E-state index in [-0.39, 0.29) is 5.91 Å². The van der Waals surface area contributed by atoms with E-state index in [0.29, 0.717) is 5.56 Å². The number of unbranched alkanes of at least 4 members (excludes halogenated alkanes) is 1. The van der Waals surface area contributed by atoms with E-state index >= 15 is 0 Å². The van der Waals surface area contributed by atoms with Gasteiger partial charge >= 0.3 is 0 Å². The van der Waals surface area contributed by atoms with Gasteiger partial charge in [0, 0.05) is 44.6 Å². The highest BCUT2D eigenvalue weighted by Gasteiger charge is 2.23. The second-order valence-electron chi connectivity index (χ2n) is 7.21. The maximum Gasteiger partial charge on any atom is 0.255 e. The van der Waals surface area contributed by atoms with Crippen molar-refractivity contribution in [1.82, 2.24) is 9.88 Å². The number of hydrogen-bond acceptors (Lipinski definition) is 4. The molecule has 1 N–H and O–H groups in total. The molecule has 0 aliphatic carbocycles. The van der Waals surface area contributed by atoms with E-state index in [2.05, 4.69) is 54.2 Å². The largest absolute Gasteiger partial charge is 0.370 e. The average molecular weight is 367 g/mol. The molecule has 1 amide bonds. The maximum absolute atomic E-state index is 12.8. The standard InChI is InChI=1S/C22H30N4O/c1-4-5-11-23-21-10-9-19(16-24-21)22(27)26-14-12-25(13-15-26)20-8-6-7-17(2)18(20)3/h6-10,16H,4-5,11-15H2,1-3H3,(H,23,24). The van der Waals surface area contributed by atoms with Gasteiger partial charge in [0.1, 0.15) is 5.82 Å². The first-order valence-electron chi connectivity index (χ1n) is 9.90. The summed E-state index contributed by atoms with van der Waals surface area (Å²) in [4.78, 5) is 21.5. The van der Waals surface area contributed by atoms with Gasteiger partial charge in [-0.05, 0) is 49.6 Å². The molecule has 0 bridgehead atoms. The van der Waals surface area contributed by atoms with Crippen molar-refractivity contribution in [2.45, 2.75) is 33.6 Å². The molecule has 1 aromatic carbocycles. The lowest BCUT2D eigenvalue weighted by atomic mass is 10.1. The summed E-state index contributed by atoms with van der Waals surface area (Å²) in [6.07, 6.45) is 3.96. The molecule has 0 unspecified atom stereocenters. The van der Waals surface area contributed by atoms with E-state index in [0.717, 1.165) is 51.4 Å². The first kappa shape index (κ1) is 19.2. The van der Waals surface area contributed by atoms with Crippen LogP contribution in [0.15, 0.2) is 36.5 Å². The Balaban J connectivity index is 1.57. The van der Waals surface area contributed by atoms with E-state index < -0.39 is 0 Å². The Hall–Kier alpha value is -2.56. The third-order valence-corrected chi connectivity index (χ3v) is 5.33. The predicted molar refractivity (Wildman–Crippen MR) is 112 cm³/mol. The zero-order chi connectivity index (χ0) is 19.2. The molecule has 1 aromatic heterocycles. The van der Waals surface area contributed by atoms with Crippen molar-refractivity contribution < 1.29 is 4.79 Å². The predicted octanol–water partition coefficient (Wildman–Crippen LogP) is 3.87. The van der Waals surface area contributed by atoms with Crippen molar-refractivity contribution in [1.29, 1.82) is 0 Å². The lowest BCUT2D eigenvalue weighted by molar-refractivity contribution is 0.0746. The van der Waals surface area contributed by atoms with Crippen LogP contribution in [0.2, 0.25) is 0 Å². The van der Waals surface area contributed by atoms with E-state index in [9.17, 15) is 4.79 Å². The van der Waals surface area contributed by atoms with Gasteiger partial charge in [-0.3, -0.25) is 4.79 Å². The molecular weight excluding hydrogens is 336 g/mol. The third kappa shape index (κ3) is 4.59. The number of anilines is 2. The molecule has 27 heavy (non-hydrogen) atoms.